The molecular formula is C8H18ClNO2. The molecule has 0 aliphatic rings. The third kappa shape index (κ3) is 22.7. The Balaban J connectivity index is -0.000000137. The normalized spacial score (nSPS) is 6.75. The standard InChI is InChI=1S/C5H8O2.C2H7N.CH3Cl/c1-3-4(2)5(6)7;1-3-2;1-2/h2-3H2,1H3,(H,6,7);3H,1-2H3;1H3. The van der Waals surface area contributed by atoms with Crippen molar-refractivity contribution in [2.45, 2.75) is 13.3 Å². The molecule has 0 aliphatic carbocycles. The maximum Gasteiger partial charge on any atom is 0.330 e. The van der Waals surface area contributed by atoms with Crippen molar-refractivity contribution in [2.24, 2.45) is 0 Å². The molecule has 74 valence electrons. The van der Waals surface area contributed by atoms with Gasteiger partial charge in [-0.2, -0.15) is 0 Å². The second-order valence-electron chi connectivity index (χ2n) is 1.76. The number of aliphatic carboxylic acids is 1. The molecule has 0 amide bonds. The van der Waals surface area contributed by atoms with Gasteiger partial charge in [0.25, 0.3) is 0 Å². The zero-order chi connectivity index (χ0) is 10.6. The van der Waals surface area contributed by atoms with Crippen molar-refractivity contribution in [2.75, 3.05) is 20.5 Å². The predicted molar refractivity (Wildman–Crippen MR) is 53.8 cm³/mol. The highest BCUT2D eigenvalue weighted by Crippen LogP contribution is 1.93. The lowest BCUT2D eigenvalue weighted by Crippen LogP contribution is -1.95. The van der Waals surface area contributed by atoms with Gasteiger partial charge in [0.15, 0.2) is 0 Å². The van der Waals surface area contributed by atoms with E-state index in [-0.39, 0.29) is 5.57 Å². The lowest BCUT2D eigenvalue weighted by molar-refractivity contribution is -0.132. The lowest BCUT2D eigenvalue weighted by atomic mass is 10.2. The summed E-state index contributed by atoms with van der Waals surface area (Å²) in [7, 11) is 3.75. The Hall–Kier alpha value is -0.540. The van der Waals surface area contributed by atoms with Crippen molar-refractivity contribution in [3.05, 3.63) is 12.2 Å². The molecule has 0 fully saturated rings. The van der Waals surface area contributed by atoms with Crippen LogP contribution < -0.4 is 5.32 Å². The molecule has 12 heavy (non-hydrogen) atoms. The first-order valence-corrected chi connectivity index (χ1v) is 4.23. The number of hydrogen-bond acceptors (Lipinski definition) is 2. The number of halogens is 1. The molecule has 0 aliphatic heterocycles. The Morgan fingerprint density at radius 3 is 1.75 bits per heavy atom. The summed E-state index contributed by atoms with van der Waals surface area (Å²) in [5.41, 5.74) is 0.264. The van der Waals surface area contributed by atoms with Gasteiger partial charge in [-0.3, -0.25) is 0 Å². The minimum Gasteiger partial charge on any atom is -0.478 e. The Morgan fingerprint density at radius 2 is 1.75 bits per heavy atom. The predicted octanol–water partition coefficient (Wildman–Crippen LogP) is 1.73. The van der Waals surface area contributed by atoms with E-state index in [1.165, 1.54) is 6.38 Å². The van der Waals surface area contributed by atoms with E-state index in [4.69, 9.17) is 5.11 Å². The number of hydrogen-bond donors (Lipinski definition) is 2. The van der Waals surface area contributed by atoms with Gasteiger partial charge >= 0.3 is 5.97 Å². The number of carbonyl (C=O) groups is 1. The van der Waals surface area contributed by atoms with Crippen LogP contribution in [-0.2, 0) is 4.79 Å². The number of rotatable bonds is 2. The molecule has 0 radical (unpaired) electrons. The average molecular weight is 196 g/mol. The van der Waals surface area contributed by atoms with E-state index in [0.29, 0.717) is 6.42 Å². The van der Waals surface area contributed by atoms with Gasteiger partial charge in [0.2, 0.25) is 0 Å². The smallest absolute Gasteiger partial charge is 0.330 e. The molecule has 0 rings (SSSR count). The van der Waals surface area contributed by atoms with E-state index in [0.717, 1.165) is 0 Å². The summed E-state index contributed by atoms with van der Waals surface area (Å²) in [6.07, 6.45) is 2.00. The number of carboxylic acid groups (broad SMARTS) is 1. The second-order valence-corrected chi connectivity index (χ2v) is 1.76. The largest absolute Gasteiger partial charge is 0.478 e. The molecule has 0 atom stereocenters. The van der Waals surface area contributed by atoms with E-state index >= 15 is 0 Å². The molecule has 0 bridgehead atoms. The van der Waals surface area contributed by atoms with Gasteiger partial charge in [0, 0.05) is 12.0 Å². The van der Waals surface area contributed by atoms with Crippen LogP contribution in [0.4, 0.5) is 0 Å². The van der Waals surface area contributed by atoms with Gasteiger partial charge < -0.3 is 10.4 Å². The summed E-state index contributed by atoms with van der Waals surface area (Å²) in [6.45, 7) is 5.03. The summed E-state index contributed by atoms with van der Waals surface area (Å²) >= 11 is 4.64. The summed E-state index contributed by atoms with van der Waals surface area (Å²) in [4.78, 5) is 9.83. The van der Waals surface area contributed by atoms with E-state index in [9.17, 15) is 4.79 Å². The SMILES string of the molecule is C=C(CC)C(=O)O.CCl.CNC. The van der Waals surface area contributed by atoms with Gasteiger partial charge in [0.1, 0.15) is 0 Å². The first-order valence-electron chi connectivity index (χ1n) is 3.47. The molecule has 3 nitrogen and oxygen atoms in total. The van der Waals surface area contributed by atoms with Crippen molar-refractivity contribution in [1.29, 1.82) is 0 Å². The minimum absolute atomic E-state index is 0.264. The Kier molecular flexibility index (Phi) is 24.6. The van der Waals surface area contributed by atoms with Crippen LogP contribution in [-0.4, -0.2) is 31.6 Å². The van der Waals surface area contributed by atoms with Gasteiger partial charge in [-0.05, 0) is 20.5 Å². The molecule has 0 unspecified atom stereocenters. The Bertz CT molecular complexity index is 116. The van der Waals surface area contributed by atoms with Gasteiger partial charge in [-0.15, -0.1) is 11.6 Å². The molecule has 0 aromatic carbocycles. The van der Waals surface area contributed by atoms with Crippen LogP contribution in [0, 0.1) is 0 Å². The number of nitrogens with one attached hydrogen (secondary N) is 1. The van der Waals surface area contributed by atoms with Crippen molar-refractivity contribution in [3.8, 4) is 0 Å². The Labute approximate surface area is 79.4 Å². The molecule has 4 heteroatoms. The molecule has 2 N–H and O–H groups in total. The van der Waals surface area contributed by atoms with Crippen LogP contribution in [0.2, 0.25) is 0 Å². The fourth-order valence-electron chi connectivity index (χ4n) is 0.151. The first-order chi connectivity index (χ1) is 5.59. The van der Waals surface area contributed by atoms with Crippen LogP contribution in [0.25, 0.3) is 0 Å². The second kappa shape index (κ2) is 16.8. The topological polar surface area (TPSA) is 49.3 Å². The molecule has 0 aromatic rings. The number of carboxylic acids is 1. The van der Waals surface area contributed by atoms with E-state index < -0.39 is 5.97 Å². The highest BCUT2D eigenvalue weighted by atomic mass is 35.5. The van der Waals surface area contributed by atoms with Crippen LogP contribution in [0.5, 0.6) is 0 Å². The van der Waals surface area contributed by atoms with Crippen LogP contribution in [0.3, 0.4) is 0 Å². The van der Waals surface area contributed by atoms with E-state index in [2.05, 4.69) is 23.5 Å². The average Bonchev–Trinajstić information content (AvgIpc) is 2.08. The summed E-state index contributed by atoms with van der Waals surface area (Å²) in [5.74, 6) is -0.900. The lowest BCUT2D eigenvalue weighted by Gasteiger charge is -1.87. The Morgan fingerprint density at radius 1 is 1.50 bits per heavy atom. The summed E-state index contributed by atoms with van der Waals surface area (Å²) < 4.78 is 0. The van der Waals surface area contributed by atoms with Crippen LogP contribution in [0.15, 0.2) is 12.2 Å². The molecule has 0 saturated carbocycles. The van der Waals surface area contributed by atoms with Gasteiger partial charge in [0.05, 0.1) is 0 Å². The summed E-state index contributed by atoms with van der Waals surface area (Å²) in [5, 5.41) is 10.8. The van der Waals surface area contributed by atoms with E-state index in [1.807, 2.05) is 14.1 Å². The molecule has 0 aromatic heterocycles. The van der Waals surface area contributed by atoms with Gasteiger partial charge in [-0.25, -0.2) is 4.79 Å². The highest BCUT2D eigenvalue weighted by Gasteiger charge is 1.96. The van der Waals surface area contributed by atoms with Crippen molar-refractivity contribution >= 4 is 17.6 Å². The molecule has 0 spiro atoms. The molecule has 0 heterocycles. The maximum atomic E-state index is 9.83. The minimum atomic E-state index is -0.900. The van der Waals surface area contributed by atoms with Crippen molar-refractivity contribution in [1.82, 2.24) is 5.32 Å². The fraction of sp³-hybridized carbons (Fsp3) is 0.625. The third-order valence-corrected chi connectivity index (χ3v) is 0.729. The van der Waals surface area contributed by atoms with Crippen molar-refractivity contribution < 1.29 is 9.90 Å². The number of alkyl halides is 1. The molecular weight excluding hydrogens is 178 g/mol. The summed E-state index contributed by atoms with van der Waals surface area (Å²) in [6, 6.07) is 0. The third-order valence-electron chi connectivity index (χ3n) is 0.729. The quantitative estimate of drug-likeness (QED) is 0.521. The van der Waals surface area contributed by atoms with E-state index in [1.54, 1.807) is 6.92 Å². The highest BCUT2D eigenvalue weighted by molar-refractivity contribution is 6.15. The van der Waals surface area contributed by atoms with Crippen molar-refractivity contribution in [3.63, 3.8) is 0 Å². The first kappa shape index (κ1) is 17.5. The fourth-order valence-corrected chi connectivity index (χ4v) is 0.151. The zero-order valence-corrected chi connectivity index (χ0v) is 8.90. The maximum absolute atomic E-state index is 9.83. The molecule has 0 saturated heterocycles. The zero-order valence-electron chi connectivity index (χ0n) is 8.15. The van der Waals surface area contributed by atoms with Crippen LogP contribution >= 0.6 is 11.6 Å². The monoisotopic (exact) mass is 195 g/mol. The van der Waals surface area contributed by atoms with Gasteiger partial charge in [-0.1, -0.05) is 13.5 Å². The van der Waals surface area contributed by atoms with Crippen LogP contribution in [0.1, 0.15) is 13.3 Å².